The number of fused-ring (bicyclic) bond motifs is 1. The van der Waals surface area contributed by atoms with E-state index in [0.29, 0.717) is 21.7 Å². The Kier molecular flexibility index (Phi) is 2.88. The maximum absolute atomic E-state index is 6.37. The van der Waals surface area contributed by atoms with Crippen LogP contribution < -0.4 is 5.73 Å². The number of hydrogen-bond donors (Lipinski definition) is 1. The molecule has 1 aromatic carbocycles. The zero-order valence-electron chi connectivity index (χ0n) is 10.4. The van der Waals surface area contributed by atoms with Crippen LogP contribution in [0, 0.1) is 13.8 Å². The molecule has 6 heteroatoms. The molecule has 3 rings (SSSR count). The van der Waals surface area contributed by atoms with Crippen molar-refractivity contribution in [2.75, 3.05) is 5.73 Å². The molecule has 96 valence electrons. The van der Waals surface area contributed by atoms with Gasteiger partial charge >= 0.3 is 0 Å². The average Bonchev–Trinajstić information content (AvgIpc) is 2.80. The largest absolute Gasteiger partial charge is 0.374 e. The number of rotatable bonds is 1. The summed E-state index contributed by atoms with van der Waals surface area (Å²) < 4.78 is 4.17. The van der Waals surface area contributed by atoms with Crippen molar-refractivity contribution in [3.63, 3.8) is 0 Å². The summed E-state index contributed by atoms with van der Waals surface area (Å²) >= 11 is 7.52. The minimum absolute atomic E-state index is 0.425. The fourth-order valence-electron chi connectivity index (χ4n) is 2.04. The van der Waals surface area contributed by atoms with Crippen molar-refractivity contribution in [1.29, 1.82) is 0 Å². The first kappa shape index (κ1) is 12.3. The SMILES string of the molecule is Cc1ccc(C)c2c(Cl)cc(-c3nsc(N)n3)nc12. The van der Waals surface area contributed by atoms with E-state index < -0.39 is 0 Å². The predicted octanol–water partition coefficient (Wildman–Crippen LogP) is 3.61. The van der Waals surface area contributed by atoms with E-state index in [1.165, 1.54) is 0 Å². The molecule has 0 atom stereocenters. The van der Waals surface area contributed by atoms with Crippen molar-refractivity contribution in [2.24, 2.45) is 0 Å². The Morgan fingerprint density at radius 1 is 1.16 bits per heavy atom. The minimum atomic E-state index is 0.425. The summed E-state index contributed by atoms with van der Waals surface area (Å²) in [5, 5.41) is 2.07. The van der Waals surface area contributed by atoms with Gasteiger partial charge in [0.25, 0.3) is 0 Å². The van der Waals surface area contributed by atoms with Gasteiger partial charge in [0.1, 0.15) is 5.69 Å². The minimum Gasteiger partial charge on any atom is -0.374 e. The van der Waals surface area contributed by atoms with Crippen LogP contribution in [0.1, 0.15) is 11.1 Å². The maximum atomic E-state index is 6.37. The summed E-state index contributed by atoms with van der Waals surface area (Å²) in [6.07, 6.45) is 0. The third-order valence-electron chi connectivity index (χ3n) is 2.99. The van der Waals surface area contributed by atoms with Gasteiger partial charge in [-0.15, -0.1) is 0 Å². The van der Waals surface area contributed by atoms with E-state index in [2.05, 4.69) is 14.3 Å². The molecule has 0 amide bonds. The lowest BCUT2D eigenvalue weighted by atomic mass is 10.0. The molecule has 0 spiro atoms. The van der Waals surface area contributed by atoms with Crippen molar-refractivity contribution < 1.29 is 0 Å². The van der Waals surface area contributed by atoms with Gasteiger partial charge in [-0.3, -0.25) is 0 Å². The smallest absolute Gasteiger partial charge is 0.200 e. The van der Waals surface area contributed by atoms with Crippen LogP contribution in [0.2, 0.25) is 5.02 Å². The van der Waals surface area contributed by atoms with Gasteiger partial charge < -0.3 is 5.73 Å². The molecule has 3 aromatic rings. The van der Waals surface area contributed by atoms with E-state index in [1.807, 2.05) is 26.0 Å². The highest BCUT2D eigenvalue weighted by atomic mass is 35.5. The summed E-state index contributed by atoms with van der Waals surface area (Å²) in [6, 6.07) is 5.87. The molecule has 0 aliphatic heterocycles. The van der Waals surface area contributed by atoms with Gasteiger partial charge in [-0.2, -0.15) is 9.36 Å². The van der Waals surface area contributed by atoms with Gasteiger partial charge in [-0.05, 0) is 31.0 Å². The van der Waals surface area contributed by atoms with E-state index in [0.717, 1.165) is 33.6 Å². The van der Waals surface area contributed by atoms with Crippen LogP contribution in [0.5, 0.6) is 0 Å². The van der Waals surface area contributed by atoms with Crippen LogP contribution in [0.15, 0.2) is 18.2 Å². The standard InChI is InChI=1S/C13H11ClN4S/c1-6-3-4-7(2)11-10(6)8(14)5-9(16-11)12-17-13(15)19-18-12/h3-5H,1-2H3,(H2,15,17,18). The van der Waals surface area contributed by atoms with Crippen molar-refractivity contribution in [3.05, 3.63) is 34.3 Å². The lowest BCUT2D eigenvalue weighted by Gasteiger charge is -2.08. The highest BCUT2D eigenvalue weighted by Gasteiger charge is 2.12. The molecule has 0 radical (unpaired) electrons. The molecular weight excluding hydrogens is 280 g/mol. The molecule has 0 unspecified atom stereocenters. The molecule has 0 bridgehead atoms. The number of nitrogen functional groups attached to an aromatic ring is 1. The van der Waals surface area contributed by atoms with Crippen molar-refractivity contribution >= 4 is 39.2 Å². The number of anilines is 1. The van der Waals surface area contributed by atoms with Crippen molar-refractivity contribution in [2.45, 2.75) is 13.8 Å². The van der Waals surface area contributed by atoms with Gasteiger partial charge in [0, 0.05) is 16.9 Å². The Labute approximate surface area is 119 Å². The zero-order valence-corrected chi connectivity index (χ0v) is 12.0. The Balaban J connectivity index is 2.33. The fraction of sp³-hybridized carbons (Fsp3) is 0.154. The van der Waals surface area contributed by atoms with Gasteiger partial charge in [-0.1, -0.05) is 23.7 Å². The summed E-state index contributed by atoms with van der Waals surface area (Å²) in [5.74, 6) is 0.521. The van der Waals surface area contributed by atoms with Gasteiger partial charge in [0.15, 0.2) is 11.0 Å². The quantitative estimate of drug-likeness (QED) is 0.743. The Morgan fingerprint density at radius 2 is 1.89 bits per heavy atom. The number of aromatic nitrogens is 3. The lowest BCUT2D eigenvalue weighted by molar-refractivity contribution is 1.25. The van der Waals surface area contributed by atoms with Gasteiger partial charge in [0.05, 0.1) is 10.5 Å². The first-order chi connectivity index (χ1) is 9.06. The zero-order chi connectivity index (χ0) is 13.6. The summed E-state index contributed by atoms with van der Waals surface area (Å²) in [6.45, 7) is 4.03. The molecule has 0 aliphatic rings. The third kappa shape index (κ3) is 2.05. The molecule has 2 N–H and O–H groups in total. The second kappa shape index (κ2) is 4.43. The monoisotopic (exact) mass is 290 g/mol. The first-order valence-electron chi connectivity index (χ1n) is 5.72. The predicted molar refractivity (Wildman–Crippen MR) is 79.5 cm³/mol. The van der Waals surface area contributed by atoms with Crippen LogP contribution in [0.25, 0.3) is 22.4 Å². The Morgan fingerprint density at radius 3 is 2.58 bits per heavy atom. The number of pyridine rings is 1. The molecule has 4 nitrogen and oxygen atoms in total. The third-order valence-corrected chi connectivity index (χ3v) is 3.83. The molecule has 0 aliphatic carbocycles. The number of nitrogens with zero attached hydrogens (tertiary/aromatic N) is 3. The highest BCUT2D eigenvalue weighted by molar-refractivity contribution is 7.09. The number of benzene rings is 1. The van der Waals surface area contributed by atoms with Crippen molar-refractivity contribution in [1.82, 2.24) is 14.3 Å². The summed E-state index contributed by atoms with van der Waals surface area (Å²) in [5.41, 5.74) is 9.33. The van der Waals surface area contributed by atoms with Gasteiger partial charge in [0.2, 0.25) is 0 Å². The van der Waals surface area contributed by atoms with E-state index in [-0.39, 0.29) is 0 Å². The first-order valence-corrected chi connectivity index (χ1v) is 6.87. The van der Waals surface area contributed by atoms with Crippen LogP contribution in [-0.4, -0.2) is 14.3 Å². The summed E-state index contributed by atoms with van der Waals surface area (Å²) in [4.78, 5) is 8.77. The topological polar surface area (TPSA) is 64.7 Å². The van der Waals surface area contributed by atoms with Crippen molar-refractivity contribution in [3.8, 4) is 11.5 Å². The van der Waals surface area contributed by atoms with E-state index in [1.54, 1.807) is 6.07 Å². The average molecular weight is 291 g/mol. The normalized spacial score (nSPS) is 11.1. The second-order valence-electron chi connectivity index (χ2n) is 4.37. The Hall–Kier alpha value is -1.72. The molecule has 0 fully saturated rings. The molecule has 2 aromatic heterocycles. The second-order valence-corrected chi connectivity index (χ2v) is 5.56. The van der Waals surface area contributed by atoms with E-state index in [9.17, 15) is 0 Å². The number of hydrogen-bond acceptors (Lipinski definition) is 5. The summed E-state index contributed by atoms with van der Waals surface area (Å²) in [7, 11) is 0. The lowest BCUT2D eigenvalue weighted by Crippen LogP contribution is -1.93. The van der Waals surface area contributed by atoms with Crippen LogP contribution in [0.3, 0.4) is 0 Å². The number of aryl methyl sites for hydroxylation is 2. The Bertz CT molecular complexity index is 782. The number of halogens is 1. The molecule has 19 heavy (non-hydrogen) atoms. The van der Waals surface area contributed by atoms with Crippen LogP contribution >= 0.6 is 23.1 Å². The van der Waals surface area contributed by atoms with Crippen LogP contribution in [-0.2, 0) is 0 Å². The molecule has 2 heterocycles. The molecule has 0 saturated heterocycles. The van der Waals surface area contributed by atoms with Crippen LogP contribution in [0.4, 0.5) is 5.13 Å². The molecular formula is C13H11ClN4S. The maximum Gasteiger partial charge on any atom is 0.200 e. The number of nitrogens with two attached hydrogens (primary N) is 1. The fourth-order valence-corrected chi connectivity index (χ4v) is 2.82. The molecule has 0 saturated carbocycles. The van der Waals surface area contributed by atoms with Gasteiger partial charge in [-0.25, -0.2) is 4.98 Å². The van der Waals surface area contributed by atoms with E-state index >= 15 is 0 Å². The highest BCUT2D eigenvalue weighted by Crippen LogP contribution is 2.31. The van der Waals surface area contributed by atoms with E-state index in [4.69, 9.17) is 17.3 Å².